The summed E-state index contributed by atoms with van der Waals surface area (Å²) in [5.74, 6) is -2.19. The smallest absolute Gasteiger partial charge is 0.340 e. The summed E-state index contributed by atoms with van der Waals surface area (Å²) in [6.07, 6.45) is 2.06. The first kappa shape index (κ1) is 14.5. The van der Waals surface area contributed by atoms with Gasteiger partial charge in [0.15, 0.2) is 0 Å². The molecule has 4 heteroatoms. The van der Waals surface area contributed by atoms with Gasteiger partial charge in [0.1, 0.15) is 11.4 Å². The van der Waals surface area contributed by atoms with Gasteiger partial charge in [-0.25, -0.2) is 9.18 Å². The van der Waals surface area contributed by atoms with Gasteiger partial charge in [0.2, 0.25) is 0 Å². The van der Waals surface area contributed by atoms with Crippen LogP contribution in [0.4, 0.5) is 4.39 Å². The van der Waals surface area contributed by atoms with Crippen molar-refractivity contribution in [3.63, 3.8) is 0 Å². The summed E-state index contributed by atoms with van der Waals surface area (Å²) < 4.78 is 13.8. The third kappa shape index (κ3) is 2.99. The lowest BCUT2D eigenvalue weighted by Gasteiger charge is -2.07. The summed E-state index contributed by atoms with van der Waals surface area (Å²) in [6.45, 7) is 2.10. The highest BCUT2D eigenvalue weighted by molar-refractivity contribution is 6.33. The molecule has 0 amide bonds. The Kier molecular flexibility index (Phi) is 4.40. The number of benzene rings is 2. The number of carbonyl (C=O) groups is 1. The fraction of sp³-hybridized carbons (Fsp3) is 0.188. The predicted octanol–water partition coefficient (Wildman–Crippen LogP) is 4.80. The summed E-state index contributed by atoms with van der Waals surface area (Å²) in [6, 6.07) is 10.4. The normalized spacial score (nSPS) is 10.6. The largest absolute Gasteiger partial charge is 0.478 e. The molecule has 0 atom stereocenters. The average Bonchev–Trinajstić information content (AvgIpc) is 2.38. The number of aryl methyl sites for hydroxylation is 1. The summed E-state index contributed by atoms with van der Waals surface area (Å²) in [5, 5.41) is 8.79. The topological polar surface area (TPSA) is 37.3 Å². The van der Waals surface area contributed by atoms with Crippen molar-refractivity contribution < 1.29 is 14.3 Å². The number of halogens is 2. The Morgan fingerprint density at radius 2 is 1.85 bits per heavy atom. The van der Waals surface area contributed by atoms with Gasteiger partial charge in [-0.2, -0.15) is 0 Å². The van der Waals surface area contributed by atoms with Crippen LogP contribution in [0.1, 0.15) is 29.3 Å². The lowest BCUT2D eigenvalue weighted by atomic mass is 10.0. The Hall–Kier alpha value is -1.87. The standard InChI is InChI=1S/C16H14ClFO2/c1-2-3-10-4-6-11(7-5-10)12-8-13(17)15(16(19)20)14(18)9-12/h4-9H,2-3H2,1H3,(H,19,20). The fourth-order valence-electron chi connectivity index (χ4n) is 2.10. The monoisotopic (exact) mass is 292 g/mol. The summed E-state index contributed by atoms with van der Waals surface area (Å²) in [7, 11) is 0. The quantitative estimate of drug-likeness (QED) is 0.879. The van der Waals surface area contributed by atoms with Gasteiger partial charge in [0.25, 0.3) is 0 Å². The van der Waals surface area contributed by atoms with Gasteiger partial charge in [-0.15, -0.1) is 0 Å². The Morgan fingerprint density at radius 3 is 2.35 bits per heavy atom. The van der Waals surface area contributed by atoms with Gasteiger partial charge in [0.05, 0.1) is 5.02 Å². The number of hydrogen-bond donors (Lipinski definition) is 1. The molecule has 0 aliphatic carbocycles. The predicted molar refractivity (Wildman–Crippen MR) is 77.8 cm³/mol. The zero-order chi connectivity index (χ0) is 14.7. The Morgan fingerprint density at radius 1 is 1.20 bits per heavy atom. The third-order valence-corrected chi connectivity index (χ3v) is 3.38. The molecule has 0 saturated carbocycles. The van der Waals surface area contributed by atoms with Gasteiger partial charge in [-0.1, -0.05) is 49.2 Å². The number of rotatable bonds is 4. The van der Waals surface area contributed by atoms with E-state index in [0.717, 1.165) is 18.4 Å². The van der Waals surface area contributed by atoms with Crippen LogP contribution in [0, 0.1) is 5.82 Å². The average molecular weight is 293 g/mol. The maximum absolute atomic E-state index is 13.8. The molecule has 20 heavy (non-hydrogen) atoms. The molecule has 2 nitrogen and oxygen atoms in total. The molecule has 0 spiro atoms. The Balaban J connectivity index is 2.40. The first-order chi connectivity index (χ1) is 9.52. The van der Waals surface area contributed by atoms with E-state index in [1.54, 1.807) is 0 Å². The number of carboxylic acids is 1. The van der Waals surface area contributed by atoms with E-state index >= 15 is 0 Å². The third-order valence-electron chi connectivity index (χ3n) is 3.08. The van der Waals surface area contributed by atoms with Crippen LogP contribution in [0.15, 0.2) is 36.4 Å². The summed E-state index contributed by atoms with van der Waals surface area (Å²) >= 11 is 5.84. The second-order valence-corrected chi connectivity index (χ2v) is 4.97. The molecule has 1 N–H and O–H groups in total. The highest BCUT2D eigenvalue weighted by Gasteiger charge is 2.16. The molecule has 0 aliphatic rings. The van der Waals surface area contributed by atoms with E-state index < -0.39 is 17.3 Å². The molecular weight excluding hydrogens is 279 g/mol. The van der Waals surface area contributed by atoms with Crippen LogP contribution in [0.3, 0.4) is 0 Å². The molecule has 104 valence electrons. The molecule has 0 unspecified atom stereocenters. The maximum Gasteiger partial charge on any atom is 0.340 e. The molecule has 0 aliphatic heterocycles. The van der Waals surface area contributed by atoms with E-state index in [2.05, 4.69) is 6.92 Å². The van der Waals surface area contributed by atoms with E-state index in [1.165, 1.54) is 17.7 Å². The molecule has 0 radical (unpaired) electrons. The van der Waals surface area contributed by atoms with Crippen molar-refractivity contribution in [1.82, 2.24) is 0 Å². The Bertz CT molecular complexity index is 612. The van der Waals surface area contributed by atoms with Crippen LogP contribution < -0.4 is 0 Å². The van der Waals surface area contributed by atoms with E-state index in [0.29, 0.717) is 5.56 Å². The van der Waals surface area contributed by atoms with Crippen molar-refractivity contribution in [3.8, 4) is 11.1 Å². The van der Waals surface area contributed by atoms with Crippen LogP contribution in [0.25, 0.3) is 11.1 Å². The highest BCUT2D eigenvalue weighted by Crippen LogP contribution is 2.28. The first-order valence-corrected chi connectivity index (χ1v) is 6.72. The van der Waals surface area contributed by atoms with E-state index in [4.69, 9.17) is 16.7 Å². The van der Waals surface area contributed by atoms with Gasteiger partial charge < -0.3 is 5.11 Å². The molecule has 2 aromatic rings. The second-order valence-electron chi connectivity index (χ2n) is 4.57. The van der Waals surface area contributed by atoms with Crippen molar-refractivity contribution in [2.75, 3.05) is 0 Å². The maximum atomic E-state index is 13.8. The van der Waals surface area contributed by atoms with Crippen molar-refractivity contribution >= 4 is 17.6 Å². The molecular formula is C16H14ClFO2. The molecule has 2 aromatic carbocycles. The molecule has 0 fully saturated rings. The fourth-order valence-corrected chi connectivity index (χ4v) is 2.39. The van der Waals surface area contributed by atoms with E-state index in [-0.39, 0.29) is 5.02 Å². The minimum atomic E-state index is -1.36. The highest BCUT2D eigenvalue weighted by atomic mass is 35.5. The number of aromatic carboxylic acids is 1. The molecule has 0 aromatic heterocycles. The van der Waals surface area contributed by atoms with Crippen LogP contribution in [-0.2, 0) is 6.42 Å². The lowest BCUT2D eigenvalue weighted by molar-refractivity contribution is 0.0692. The minimum Gasteiger partial charge on any atom is -0.478 e. The van der Waals surface area contributed by atoms with Crippen LogP contribution in [0.5, 0.6) is 0 Å². The zero-order valence-corrected chi connectivity index (χ0v) is 11.7. The first-order valence-electron chi connectivity index (χ1n) is 6.34. The number of carboxylic acid groups (broad SMARTS) is 1. The lowest BCUT2D eigenvalue weighted by Crippen LogP contribution is -2.02. The summed E-state index contributed by atoms with van der Waals surface area (Å²) in [4.78, 5) is 10.9. The SMILES string of the molecule is CCCc1ccc(-c2cc(F)c(C(=O)O)c(Cl)c2)cc1. The van der Waals surface area contributed by atoms with Gasteiger partial charge in [-0.05, 0) is 35.2 Å². The van der Waals surface area contributed by atoms with Crippen LogP contribution >= 0.6 is 11.6 Å². The van der Waals surface area contributed by atoms with E-state index in [1.807, 2.05) is 24.3 Å². The molecule has 2 rings (SSSR count). The van der Waals surface area contributed by atoms with E-state index in [9.17, 15) is 9.18 Å². The second kappa shape index (κ2) is 6.06. The van der Waals surface area contributed by atoms with Crippen molar-refractivity contribution in [3.05, 3.63) is 58.4 Å². The number of hydrogen-bond acceptors (Lipinski definition) is 1. The molecule has 0 saturated heterocycles. The van der Waals surface area contributed by atoms with Crippen molar-refractivity contribution in [1.29, 1.82) is 0 Å². The zero-order valence-electron chi connectivity index (χ0n) is 11.0. The van der Waals surface area contributed by atoms with Crippen LogP contribution in [-0.4, -0.2) is 11.1 Å². The van der Waals surface area contributed by atoms with Gasteiger partial charge in [0, 0.05) is 0 Å². The molecule has 0 heterocycles. The van der Waals surface area contributed by atoms with Gasteiger partial charge >= 0.3 is 5.97 Å². The Labute approximate surface area is 121 Å². The van der Waals surface area contributed by atoms with Gasteiger partial charge in [-0.3, -0.25) is 0 Å². The molecule has 0 bridgehead atoms. The summed E-state index contributed by atoms with van der Waals surface area (Å²) in [5.41, 5.74) is 2.10. The van der Waals surface area contributed by atoms with Crippen LogP contribution in [0.2, 0.25) is 5.02 Å². The van der Waals surface area contributed by atoms with Crippen molar-refractivity contribution in [2.24, 2.45) is 0 Å². The van der Waals surface area contributed by atoms with Crippen molar-refractivity contribution in [2.45, 2.75) is 19.8 Å². The minimum absolute atomic E-state index is 0.0925.